The van der Waals surface area contributed by atoms with E-state index < -0.39 is 0 Å². The number of nitrogens with zero attached hydrogens (tertiary/aromatic N) is 2. The largest absolute Gasteiger partial charge is 0.384 e. The molecule has 1 aromatic heterocycles. The lowest BCUT2D eigenvalue weighted by Gasteiger charge is -2.10. The summed E-state index contributed by atoms with van der Waals surface area (Å²) in [6, 6.07) is 5.85. The zero-order valence-corrected chi connectivity index (χ0v) is 10.1. The average Bonchev–Trinajstić information content (AvgIpc) is 2.67. The van der Waals surface area contributed by atoms with E-state index in [1.807, 2.05) is 38.2 Å². The standard InChI is InChI=1S/C13H16N4/c1-9-7-11(13(14)15)3-4-12(9)8-17-6-5-16-10(17)2/h3-7H,8H2,1-2H3,(H3,14,15). The van der Waals surface area contributed by atoms with Gasteiger partial charge in [-0.1, -0.05) is 12.1 Å². The van der Waals surface area contributed by atoms with E-state index in [1.54, 1.807) is 6.20 Å². The van der Waals surface area contributed by atoms with E-state index in [9.17, 15) is 0 Å². The van der Waals surface area contributed by atoms with Crippen LogP contribution in [0.3, 0.4) is 0 Å². The highest BCUT2D eigenvalue weighted by Crippen LogP contribution is 2.13. The van der Waals surface area contributed by atoms with Gasteiger partial charge in [-0.05, 0) is 31.0 Å². The number of nitrogen functional groups attached to an aromatic ring is 1. The molecule has 2 aromatic rings. The zero-order chi connectivity index (χ0) is 12.4. The normalized spacial score (nSPS) is 10.5. The molecule has 4 nitrogen and oxygen atoms in total. The number of amidine groups is 1. The maximum atomic E-state index is 7.40. The molecule has 3 N–H and O–H groups in total. The van der Waals surface area contributed by atoms with Crippen molar-refractivity contribution < 1.29 is 0 Å². The van der Waals surface area contributed by atoms with Crippen LogP contribution >= 0.6 is 0 Å². The molecular weight excluding hydrogens is 212 g/mol. The maximum Gasteiger partial charge on any atom is 0.122 e. The van der Waals surface area contributed by atoms with Crippen LogP contribution in [0.25, 0.3) is 0 Å². The SMILES string of the molecule is Cc1cc(C(=N)N)ccc1Cn1ccnc1C. The molecule has 17 heavy (non-hydrogen) atoms. The van der Waals surface area contributed by atoms with Crippen LogP contribution in [0.5, 0.6) is 0 Å². The fourth-order valence-electron chi connectivity index (χ4n) is 1.80. The van der Waals surface area contributed by atoms with Crippen LogP contribution in [0.1, 0.15) is 22.5 Å². The van der Waals surface area contributed by atoms with Crippen LogP contribution in [0.15, 0.2) is 30.6 Å². The molecule has 88 valence electrons. The van der Waals surface area contributed by atoms with Crippen molar-refractivity contribution in [2.24, 2.45) is 5.73 Å². The van der Waals surface area contributed by atoms with Crippen molar-refractivity contribution in [1.82, 2.24) is 9.55 Å². The molecule has 0 radical (unpaired) electrons. The van der Waals surface area contributed by atoms with Crippen LogP contribution < -0.4 is 5.73 Å². The molecule has 0 amide bonds. The number of hydrogen-bond donors (Lipinski definition) is 2. The predicted octanol–water partition coefficient (Wildman–Crippen LogP) is 1.83. The fraction of sp³-hybridized carbons (Fsp3) is 0.231. The van der Waals surface area contributed by atoms with Crippen molar-refractivity contribution in [2.75, 3.05) is 0 Å². The molecule has 0 fully saturated rings. The summed E-state index contributed by atoms with van der Waals surface area (Å²) >= 11 is 0. The van der Waals surface area contributed by atoms with Crippen LogP contribution in [0.4, 0.5) is 0 Å². The summed E-state index contributed by atoms with van der Waals surface area (Å²) in [7, 11) is 0. The Morgan fingerprint density at radius 3 is 2.71 bits per heavy atom. The first-order valence-electron chi connectivity index (χ1n) is 5.49. The first kappa shape index (κ1) is 11.4. The summed E-state index contributed by atoms with van der Waals surface area (Å²) in [5.41, 5.74) is 8.60. The van der Waals surface area contributed by atoms with Gasteiger partial charge in [0.15, 0.2) is 0 Å². The second-order valence-electron chi connectivity index (χ2n) is 4.16. The minimum Gasteiger partial charge on any atom is -0.384 e. The molecule has 0 aliphatic carbocycles. The number of aromatic nitrogens is 2. The smallest absolute Gasteiger partial charge is 0.122 e. The highest BCUT2D eigenvalue weighted by molar-refractivity contribution is 5.95. The minimum atomic E-state index is 0.110. The summed E-state index contributed by atoms with van der Waals surface area (Å²) in [5, 5.41) is 7.40. The topological polar surface area (TPSA) is 67.7 Å². The van der Waals surface area contributed by atoms with E-state index in [2.05, 4.69) is 9.55 Å². The number of aryl methyl sites for hydroxylation is 2. The minimum absolute atomic E-state index is 0.110. The third kappa shape index (κ3) is 2.36. The van der Waals surface area contributed by atoms with E-state index >= 15 is 0 Å². The Labute approximate surface area is 101 Å². The Hall–Kier alpha value is -2.10. The molecule has 1 aromatic carbocycles. The number of benzene rings is 1. The summed E-state index contributed by atoms with van der Waals surface area (Å²) in [6.07, 6.45) is 3.77. The number of imidazole rings is 1. The van der Waals surface area contributed by atoms with Crippen molar-refractivity contribution in [1.29, 1.82) is 5.41 Å². The highest BCUT2D eigenvalue weighted by atomic mass is 15.0. The van der Waals surface area contributed by atoms with Crippen molar-refractivity contribution in [3.05, 3.63) is 53.1 Å². The van der Waals surface area contributed by atoms with Gasteiger partial charge in [0.05, 0.1) is 0 Å². The molecule has 2 rings (SSSR count). The van der Waals surface area contributed by atoms with Crippen molar-refractivity contribution in [3.63, 3.8) is 0 Å². The van der Waals surface area contributed by atoms with Gasteiger partial charge in [-0.3, -0.25) is 5.41 Å². The van der Waals surface area contributed by atoms with Gasteiger partial charge in [0.25, 0.3) is 0 Å². The number of nitrogens with two attached hydrogens (primary N) is 1. The molecule has 0 aliphatic rings. The Morgan fingerprint density at radius 2 is 2.18 bits per heavy atom. The van der Waals surface area contributed by atoms with Gasteiger partial charge in [-0.15, -0.1) is 0 Å². The summed E-state index contributed by atoms with van der Waals surface area (Å²) in [5.74, 6) is 1.11. The van der Waals surface area contributed by atoms with Gasteiger partial charge in [-0.25, -0.2) is 4.98 Å². The third-order valence-electron chi connectivity index (χ3n) is 2.92. The van der Waals surface area contributed by atoms with Gasteiger partial charge in [0.2, 0.25) is 0 Å². The van der Waals surface area contributed by atoms with Crippen LogP contribution in [-0.2, 0) is 6.54 Å². The van der Waals surface area contributed by atoms with Gasteiger partial charge < -0.3 is 10.3 Å². The van der Waals surface area contributed by atoms with Crippen LogP contribution in [-0.4, -0.2) is 15.4 Å². The molecular formula is C13H16N4. The number of nitrogens with one attached hydrogen (secondary N) is 1. The second kappa shape index (κ2) is 4.41. The number of hydrogen-bond acceptors (Lipinski definition) is 2. The number of rotatable bonds is 3. The van der Waals surface area contributed by atoms with Crippen molar-refractivity contribution in [3.8, 4) is 0 Å². The van der Waals surface area contributed by atoms with Crippen molar-refractivity contribution >= 4 is 5.84 Å². The Balaban J connectivity index is 2.29. The molecule has 0 saturated heterocycles. The average molecular weight is 228 g/mol. The summed E-state index contributed by atoms with van der Waals surface area (Å²) < 4.78 is 2.09. The Morgan fingerprint density at radius 1 is 1.41 bits per heavy atom. The fourth-order valence-corrected chi connectivity index (χ4v) is 1.80. The van der Waals surface area contributed by atoms with Gasteiger partial charge in [0, 0.05) is 24.5 Å². The quantitative estimate of drug-likeness (QED) is 0.621. The molecule has 0 bridgehead atoms. The lowest BCUT2D eigenvalue weighted by atomic mass is 10.0. The molecule has 0 saturated carbocycles. The van der Waals surface area contributed by atoms with Gasteiger partial charge >= 0.3 is 0 Å². The predicted molar refractivity (Wildman–Crippen MR) is 68.3 cm³/mol. The van der Waals surface area contributed by atoms with E-state index in [0.29, 0.717) is 0 Å². The van der Waals surface area contributed by atoms with Crippen molar-refractivity contribution in [2.45, 2.75) is 20.4 Å². The Kier molecular flexibility index (Phi) is 2.95. The first-order valence-corrected chi connectivity index (χ1v) is 5.49. The van der Waals surface area contributed by atoms with Crippen LogP contribution in [0, 0.1) is 19.3 Å². The maximum absolute atomic E-state index is 7.40. The lowest BCUT2D eigenvalue weighted by Crippen LogP contribution is -2.12. The molecule has 4 heteroatoms. The first-order chi connectivity index (χ1) is 8.08. The monoisotopic (exact) mass is 228 g/mol. The molecule has 0 unspecified atom stereocenters. The Bertz CT molecular complexity index is 554. The molecule has 0 aliphatic heterocycles. The van der Waals surface area contributed by atoms with E-state index in [-0.39, 0.29) is 5.84 Å². The molecule has 0 atom stereocenters. The second-order valence-corrected chi connectivity index (χ2v) is 4.16. The van der Waals surface area contributed by atoms with Gasteiger partial charge in [-0.2, -0.15) is 0 Å². The van der Waals surface area contributed by atoms with E-state index in [1.165, 1.54) is 5.56 Å². The zero-order valence-electron chi connectivity index (χ0n) is 10.1. The van der Waals surface area contributed by atoms with E-state index in [4.69, 9.17) is 11.1 Å². The highest BCUT2D eigenvalue weighted by Gasteiger charge is 2.04. The van der Waals surface area contributed by atoms with E-state index in [0.717, 1.165) is 23.5 Å². The lowest BCUT2D eigenvalue weighted by molar-refractivity contribution is 0.757. The molecule has 0 spiro atoms. The summed E-state index contributed by atoms with van der Waals surface area (Å²) in [4.78, 5) is 4.20. The van der Waals surface area contributed by atoms with Gasteiger partial charge in [0.1, 0.15) is 11.7 Å². The third-order valence-corrected chi connectivity index (χ3v) is 2.92. The van der Waals surface area contributed by atoms with Crippen LogP contribution in [0.2, 0.25) is 0 Å². The molecule has 1 heterocycles. The summed E-state index contributed by atoms with van der Waals surface area (Å²) in [6.45, 7) is 4.82.